The Balaban J connectivity index is 1.35. The molecule has 0 saturated carbocycles. The molecule has 1 saturated heterocycles. The molecular formula is C34H36N6O4. The van der Waals surface area contributed by atoms with E-state index in [-0.39, 0.29) is 35.2 Å². The van der Waals surface area contributed by atoms with Crippen molar-refractivity contribution in [1.29, 1.82) is 0 Å². The molecule has 1 aliphatic heterocycles. The summed E-state index contributed by atoms with van der Waals surface area (Å²) in [6, 6.07) is 18.3. The first-order chi connectivity index (χ1) is 20.9. The van der Waals surface area contributed by atoms with Crippen LogP contribution in [0.4, 0.5) is 17.2 Å². The lowest BCUT2D eigenvalue weighted by Crippen LogP contribution is -2.49. The molecule has 3 amide bonds. The Hall–Kier alpha value is -5.25. The van der Waals surface area contributed by atoms with Crippen molar-refractivity contribution in [2.75, 3.05) is 30.3 Å². The van der Waals surface area contributed by atoms with Gasteiger partial charge in [0.05, 0.1) is 12.1 Å². The molecule has 2 aromatic heterocycles. The Morgan fingerprint density at radius 2 is 1.68 bits per heavy atom. The molecule has 0 spiro atoms. The van der Waals surface area contributed by atoms with Crippen LogP contribution in [-0.4, -0.2) is 51.8 Å². The molecule has 44 heavy (non-hydrogen) atoms. The molecule has 0 bridgehead atoms. The minimum Gasteiger partial charge on any atom is -0.353 e. The fourth-order valence-electron chi connectivity index (χ4n) is 5.08. The maximum atomic E-state index is 13.1. The number of amides is 3. The van der Waals surface area contributed by atoms with Crippen LogP contribution in [0.2, 0.25) is 0 Å². The fourth-order valence-corrected chi connectivity index (χ4v) is 5.08. The lowest BCUT2D eigenvalue weighted by atomic mass is 9.86. The third-order valence-electron chi connectivity index (χ3n) is 7.69. The van der Waals surface area contributed by atoms with E-state index < -0.39 is 0 Å². The lowest BCUT2D eigenvalue weighted by Gasteiger charge is -2.26. The van der Waals surface area contributed by atoms with Crippen molar-refractivity contribution >= 4 is 34.9 Å². The SMILES string of the molecule is Cc1c(NC(=O)c2ccc(C(C)(C)C)cc2)cccc1-c1cc(Nc2ccc(C(=O)N3CCNC(=O)C3)cn2)c(=O)n(C)c1. The summed E-state index contributed by atoms with van der Waals surface area (Å²) < 4.78 is 1.48. The van der Waals surface area contributed by atoms with Gasteiger partial charge >= 0.3 is 0 Å². The van der Waals surface area contributed by atoms with Gasteiger partial charge in [-0.25, -0.2) is 4.98 Å². The first-order valence-electron chi connectivity index (χ1n) is 14.4. The molecule has 1 fully saturated rings. The van der Waals surface area contributed by atoms with Crippen molar-refractivity contribution in [1.82, 2.24) is 19.8 Å². The highest BCUT2D eigenvalue weighted by molar-refractivity contribution is 6.05. The van der Waals surface area contributed by atoms with Gasteiger partial charge in [-0.05, 0) is 65.4 Å². The molecule has 3 N–H and O–H groups in total. The van der Waals surface area contributed by atoms with Gasteiger partial charge in [-0.1, -0.05) is 45.0 Å². The van der Waals surface area contributed by atoms with Crippen LogP contribution < -0.4 is 21.5 Å². The van der Waals surface area contributed by atoms with E-state index in [1.807, 2.05) is 49.4 Å². The smallest absolute Gasteiger partial charge is 0.274 e. The van der Waals surface area contributed by atoms with Crippen LogP contribution in [0.25, 0.3) is 11.1 Å². The molecule has 10 nitrogen and oxygen atoms in total. The standard InChI is InChI=1S/C34H36N6O4/c1-21-26(7-6-8-27(21)38-31(42)22-9-12-25(13-10-22)34(2,3)4)24-17-28(33(44)39(5)19-24)37-29-14-11-23(18-36-29)32(43)40-16-15-35-30(41)20-40/h6-14,17-19H,15-16,20H2,1-5H3,(H,35,41)(H,36,37)(H,38,42). The number of anilines is 3. The number of aromatic nitrogens is 2. The Morgan fingerprint density at radius 1 is 0.955 bits per heavy atom. The van der Waals surface area contributed by atoms with Crippen molar-refractivity contribution in [3.8, 4) is 11.1 Å². The average molecular weight is 593 g/mol. The number of hydrogen-bond donors (Lipinski definition) is 3. The van der Waals surface area contributed by atoms with Crippen molar-refractivity contribution in [3.63, 3.8) is 0 Å². The zero-order valence-electron chi connectivity index (χ0n) is 25.5. The van der Waals surface area contributed by atoms with Gasteiger partial charge in [0.25, 0.3) is 17.4 Å². The largest absolute Gasteiger partial charge is 0.353 e. The van der Waals surface area contributed by atoms with Gasteiger partial charge in [0, 0.05) is 49.3 Å². The summed E-state index contributed by atoms with van der Waals surface area (Å²) in [5.41, 5.74) is 5.26. The molecular weight excluding hydrogens is 556 g/mol. The van der Waals surface area contributed by atoms with Crippen molar-refractivity contribution in [2.24, 2.45) is 7.05 Å². The molecule has 4 aromatic rings. The van der Waals surface area contributed by atoms with Crippen LogP contribution in [0.15, 0.2) is 77.9 Å². The number of rotatable bonds is 6. The van der Waals surface area contributed by atoms with E-state index in [1.165, 1.54) is 15.7 Å². The van der Waals surface area contributed by atoms with E-state index in [1.54, 1.807) is 31.4 Å². The van der Waals surface area contributed by atoms with Crippen LogP contribution in [0, 0.1) is 6.92 Å². The summed E-state index contributed by atoms with van der Waals surface area (Å²) in [5.74, 6) is -0.283. The second kappa shape index (κ2) is 12.2. The average Bonchev–Trinajstić information content (AvgIpc) is 3.00. The highest BCUT2D eigenvalue weighted by Crippen LogP contribution is 2.30. The van der Waals surface area contributed by atoms with Gasteiger partial charge in [-0.2, -0.15) is 0 Å². The van der Waals surface area contributed by atoms with E-state index >= 15 is 0 Å². The minimum absolute atomic E-state index is 0.00435. The summed E-state index contributed by atoms with van der Waals surface area (Å²) in [7, 11) is 1.67. The highest BCUT2D eigenvalue weighted by atomic mass is 16.2. The first kappa shape index (κ1) is 30.2. The number of carbonyl (C=O) groups is 3. The zero-order chi connectivity index (χ0) is 31.6. The fraction of sp³-hybridized carbons (Fsp3) is 0.265. The van der Waals surface area contributed by atoms with Crippen molar-refractivity contribution in [2.45, 2.75) is 33.1 Å². The van der Waals surface area contributed by atoms with Crippen LogP contribution in [0.3, 0.4) is 0 Å². The Bertz CT molecular complexity index is 1790. The van der Waals surface area contributed by atoms with Crippen LogP contribution in [-0.2, 0) is 17.3 Å². The zero-order valence-corrected chi connectivity index (χ0v) is 25.5. The third kappa shape index (κ3) is 6.54. The quantitative estimate of drug-likeness (QED) is 0.300. The van der Waals surface area contributed by atoms with Gasteiger partial charge in [-0.15, -0.1) is 0 Å². The van der Waals surface area contributed by atoms with E-state index in [9.17, 15) is 19.2 Å². The molecule has 1 aliphatic rings. The maximum Gasteiger partial charge on any atom is 0.274 e. The monoisotopic (exact) mass is 592 g/mol. The molecule has 0 unspecified atom stereocenters. The first-order valence-corrected chi connectivity index (χ1v) is 14.4. The van der Waals surface area contributed by atoms with Crippen LogP contribution in [0.5, 0.6) is 0 Å². The lowest BCUT2D eigenvalue weighted by molar-refractivity contribution is -0.123. The second-order valence-corrected chi connectivity index (χ2v) is 12.0. The number of nitrogens with zero attached hydrogens (tertiary/aromatic N) is 3. The van der Waals surface area contributed by atoms with Crippen molar-refractivity contribution in [3.05, 3.63) is 106 Å². The number of nitrogens with one attached hydrogen (secondary N) is 3. The minimum atomic E-state index is -0.277. The molecule has 0 aliphatic carbocycles. The van der Waals surface area contributed by atoms with E-state index in [2.05, 4.69) is 41.7 Å². The maximum absolute atomic E-state index is 13.1. The molecule has 0 radical (unpaired) electrons. The molecule has 5 rings (SSSR count). The summed E-state index contributed by atoms with van der Waals surface area (Å²) in [5, 5.41) is 8.80. The highest BCUT2D eigenvalue weighted by Gasteiger charge is 2.22. The molecule has 3 heterocycles. The van der Waals surface area contributed by atoms with Crippen LogP contribution >= 0.6 is 0 Å². The predicted molar refractivity (Wildman–Crippen MR) is 171 cm³/mol. The molecule has 10 heteroatoms. The molecule has 2 aromatic carbocycles. The van der Waals surface area contributed by atoms with Gasteiger partial charge < -0.3 is 25.4 Å². The van der Waals surface area contributed by atoms with Gasteiger partial charge in [0.1, 0.15) is 11.5 Å². The predicted octanol–water partition coefficient (Wildman–Crippen LogP) is 4.62. The second-order valence-electron chi connectivity index (χ2n) is 12.0. The summed E-state index contributed by atoms with van der Waals surface area (Å²) in [6.07, 6.45) is 3.18. The van der Waals surface area contributed by atoms with Crippen molar-refractivity contribution < 1.29 is 14.4 Å². The normalized spacial score (nSPS) is 13.3. The number of pyridine rings is 2. The molecule has 226 valence electrons. The van der Waals surface area contributed by atoms with E-state index in [4.69, 9.17) is 0 Å². The Labute approximate surface area is 256 Å². The number of hydrogen-bond acceptors (Lipinski definition) is 6. The Morgan fingerprint density at radius 3 is 2.34 bits per heavy atom. The number of benzene rings is 2. The summed E-state index contributed by atoms with van der Waals surface area (Å²) >= 11 is 0. The van der Waals surface area contributed by atoms with Gasteiger partial charge in [0.15, 0.2) is 0 Å². The van der Waals surface area contributed by atoms with Crippen LogP contribution in [0.1, 0.15) is 52.6 Å². The van der Waals surface area contributed by atoms with Gasteiger partial charge in [0.2, 0.25) is 5.91 Å². The van der Waals surface area contributed by atoms with Gasteiger partial charge in [-0.3, -0.25) is 19.2 Å². The Kier molecular flexibility index (Phi) is 8.35. The number of aryl methyl sites for hydroxylation is 1. The summed E-state index contributed by atoms with van der Waals surface area (Å²) in [4.78, 5) is 56.4. The molecule has 0 atom stereocenters. The van der Waals surface area contributed by atoms with E-state index in [0.717, 1.165) is 22.3 Å². The summed E-state index contributed by atoms with van der Waals surface area (Å²) in [6.45, 7) is 9.18. The third-order valence-corrected chi connectivity index (χ3v) is 7.69. The number of piperazine rings is 1. The van der Waals surface area contributed by atoms with E-state index in [0.29, 0.717) is 41.4 Å². The topological polar surface area (TPSA) is 125 Å². The number of carbonyl (C=O) groups excluding carboxylic acids is 3.